The van der Waals surface area contributed by atoms with Gasteiger partial charge in [-0.3, -0.25) is 4.90 Å². The fourth-order valence-corrected chi connectivity index (χ4v) is 3.73. The van der Waals surface area contributed by atoms with Gasteiger partial charge in [-0.1, -0.05) is 29.8 Å². The van der Waals surface area contributed by atoms with Gasteiger partial charge >= 0.3 is 0 Å². The van der Waals surface area contributed by atoms with Crippen molar-refractivity contribution in [3.63, 3.8) is 0 Å². The Kier molecular flexibility index (Phi) is 6.95. The zero-order valence-electron chi connectivity index (χ0n) is 16.8. The predicted octanol–water partition coefficient (Wildman–Crippen LogP) is 5.33. The van der Waals surface area contributed by atoms with Crippen LogP contribution in [0.4, 0.5) is 10.1 Å². The zero-order valence-corrected chi connectivity index (χ0v) is 17.5. The number of morpholine rings is 1. The van der Waals surface area contributed by atoms with Gasteiger partial charge in [0, 0.05) is 35.7 Å². The van der Waals surface area contributed by atoms with E-state index in [0.29, 0.717) is 5.02 Å². The average Bonchev–Trinajstić information content (AvgIpc) is 2.77. The molecule has 1 aliphatic rings. The van der Waals surface area contributed by atoms with Crippen LogP contribution in [-0.4, -0.2) is 49.3 Å². The van der Waals surface area contributed by atoms with Crippen molar-refractivity contribution in [2.24, 2.45) is 0 Å². The highest BCUT2D eigenvalue weighted by molar-refractivity contribution is 6.31. The van der Waals surface area contributed by atoms with Crippen LogP contribution in [0.25, 0.3) is 23.1 Å². The fraction of sp³-hybridized carbons (Fsp3) is 0.292. The van der Waals surface area contributed by atoms with Crippen LogP contribution >= 0.6 is 11.6 Å². The number of nitrogens with zero attached hydrogens (tertiary/aromatic N) is 2. The molecule has 0 amide bonds. The predicted molar refractivity (Wildman–Crippen MR) is 122 cm³/mol. The number of fused-ring (bicyclic) bond motifs is 1. The van der Waals surface area contributed by atoms with Gasteiger partial charge in [0.15, 0.2) is 0 Å². The van der Waals surface area contributed by atoms with Crippen molar-refractivity contribution in [1.82, 2.24) is 9.88 Å². The van der Waals surface area contributed by atoms with E-state index in [1.807, 2.05) is 36.4 Å². The van der Waals surface area contributed by atoms with Gasteiger partial charge in [0.1, 0.15) is 5.82 Å². The summed E-state index contributed by atoms with van der Waals surface area (Å²) >= 11 is 6.23. The largest absolute Gasteiger partial charge is 0.384 e. The Hall–Kier alpha value is -2.47. The van der Waals surface area contributed by atoms with Crippen molar-refractivity contribution in [3.05, 3.63) is 70.6 Å². The molecular formula is C24H25ClFN3O. The van der Waals surface area contributed by atoms with E-state index < -0.39 is 0 Å². The number of nitrogens with one attached hydrogen (secondary N) is 1. The number of hydrogen-bond donors (Lipinski definition) is 1. The molecule has 156 valence electrons. The van der Waals surface area contributed by atoms with Crippen LogP contribution in [0.1, 0.15) is 17.7 Å². The summed E-state index contributed by atoms with van der Waals surface area (Å²) in [6, 6.07) is 14.2. The highest BCUT2D eigenvalue weighted by atomic mass is 35.5. The normalized spacial score (nSPS) is 15.1. The minimum atomic E-state index is -0.239. The smallest absolute Gasteiger partial charge is 0.123 e. The lowest BCUT2D eigenvalue weighted by Crippen LogP contribution is -2.37. The summed E-state index contributed by atoms with van der Waals surface area (Å²) in [4.78, 5) is 7.16. The second-order valence-corrected chi connectivity index (χ2v) is 7.81. The third-order valence-corrected chi connectivity index (χ3v) is 5.41. The van der Waals surface area contributed by atoms with E-state index >= 15 is 0 Å². The lowest BCUT2D eigenvalue weighted by molar-refractivity contribution is 0.0378. The van der Waals surface area contributed by atoms with Crippen molar-refractivity contribution >= 4 is 40.3 Å². The Morgan fingerprint density at radius 1 is 1.07 bits per heavy atom. The maximum Gasteiger partial charge on any atom is 0.123 e. The van der Waals surface area contributed by atoms with Crippen molar-refractivity contribution in [1.29, 1.82) is 0 Å². The Labute approximate surface area is 181 Å². The summed E-state index contributed by atoms with van der Waals surface area (Å²) in [6.45, 7) is 5.58. The molecule has 0 unspecified atom stereocenters. The third-order valence-electron chi connectivity index (χ3n) is 5.18. The average molecular weight is 426 g/mol. The first-order valence-corrected chi connectivity index (χ1v) is 10.6. The van der Waals surface area contributed by atoms with Crippen LogP contribution in [0, 0.1) is 5.82 Å². The Morgan fingerprint density at radius 3 is 2.67 bits per heavy atom. The van der Waals surface area contributed by atoms with Crippen molar-refractivity contribution in [3.8, 4) is 0 Å². The van der Waals surface area contributed by atoms with Gasteiger partial charge < -0.3 is 10.1 Å². The fourth-order valence-electron chi connectivity index (χ4n) is 3.56. The van der Waals surface area contributed by atoms with Crippen LogP contribution in [0.3, 0.4) is 0 Å². The molecule has 1 fully saturated rings. The highest BCUT2D eigenvalue weighted by Crippen LogP contribution is 2.27. The lowest BCUT2D eigenvalue weighted by atomic mass is 10.1. The molecule has 4 rings (SSSR count). The molecule has 30 heavy (non-hydrogen) atoms. The molecule has 0 saturated carbocycles. The molecule has 1 N–H and O–H groups in total. The molecule has 0 spiro atoms. The van der Waals surface area contributed by atoms with E-state index in [-0.39, 0.29) is 5.82 Å². The topological polar surface area (TPSA) is 37.4 Å². The van der Waals surface area contributed by atoms with Crippen molar-refractivity contribution < 1.29 is 9.13 Å². The molecule has 2 heterocycles. The van der Waals surface area contributed by atoms with Crippen molar-refractivity contribution in [2.45, 2.75) is 6.42 Å². The number of benzene rings is 2. The maximum absolute atomic E-state index is 13.1. The Morgan fingerprint density at radius 2 is 1.87 bits per heavy atom. The summed E-state index contributed by atoms with van der Waals surface area (Å²) in [5.41, 5.74) is 3.67. The summed E-state index contributed by atoms with van der Waals surface area (Å²) in [5.74, 6) is -0.239. The monoisotopic (exact) mass is 425 g/mol. The van der Waals surface area contributed by atoms with E-state index in [9.17, 15) is 4.39 Å². The number of rotatable bonds is 7. The number of ether oxygens (including phenoxy) is 1. The molecule has 2 aromatic carbocycles. The van der Waals surface area contributed by atoms with Gasteiger partial charge in [-0.05, 0) is 61.0 Å². The number of hydrogen-bond acceptors (Lipinski definition) is 4. The quantitative estimate of drug-likeness (QED) is 0.519. The maximum atomic E-state index is 13.1. The number of pyridine rings is 1. The lowest BCUT2D eigenvalue weighted by Gasteiger charge is -2.26. The molecule has 1 aliphatic heterocycles. The molecule has 0 bridgehead atoms. The van der Waals surface area contributed by atoms with E-state index in [0.717, 1.165) is 73.7 Å². The molecule has 6 heteroatoms. The minimum absolute atomic E-state index is 0.239. The SMILES string of the molecule is Fc1ccc(/C=C/c2cc(NCCCN3CCOCC3)c3cc(Cl)ccc3n2)cc1. The van der Waals surface area contributed by atoms with Gasteiger partial charge in [0.2, 0.25) is 0 Å². The van der Waals surface area contributed by atoms with Gasteiger partial charge in [-0.15, -0.1) is 0 Å². The van der Waals surface area contributed by atoms with E-state index in [2.05, 4.69) is 10.2 Å². The first kappa shape index (κ1) is 20.8. The molecule has 1 saturated heterocycles. The van der Waals surface area contributed by atoms with Crippen molar-refractivity contribution in [2.75, 3.05) is 44.7 Å². The van der Waals surface area contributed by atoms with Gasteiger partial charge in [-0.2, -0.15) is 0 Å². The molecule has 3 aromatic rings. The second-order valence-electron chi connectivity index (χ2n) is 7.38. The van der Waals surface area contributed by atoms with Crippen LogP contribution in [-0.2, 0) is 4.74 Å². The van der Waals surface area contributed by atoms with Crippen LogP contribution in [0.2, 0.25) is 5.02 Å². The van der Waals surface area contributed by atoms with E-state index in [1.165, 1.54) is 12.1 Å². The van der Waals surface area contributed by atoms with Crippen LogP contribution in [0.5, 0.6) is 0 Å². The molecule has 4 nitrogen and oxygen atoms in total. The first-order valence-electron chi connectivity index (χ1n) is 10.3. The molecule has 1 aromatic heterocycles. The standard InChI is InChI=1S/C24H25ClFN3O/c25-19-5-9-23-22(16-19)24(27-10-1-11-29-12-14-30-15-13-29)17-21(28-23)8-4-18-2-6-20(26)7-3-18/h2-9,16-17H,1,10-15H2,(H,27,28)/b8-4+. The Bertz CT molecular complexity index is 1020. The zero-order chi connectivity index (χ0) is 20.8. The van der Waals surface area contributed by atoms with Gasteiger partial charge in [-0.25, -0.2) is 9.37 Å². The summed E-state index contributed by atoms with van der Waals surface area (Å²) in [5, 5.41) is 5.26. The summed E-state index contributed by atoms with van der Waals surface area (Å²) < 4.78 is 18.5. The second kappa shape index (κ2) is 10.0. The number of halogens is 2. The highest BCUT2D eigenvalue weighted by Gasteiger charge is 2.10. The summed E-state index contributed by atoms with van der Waals surface area (Å²) in [7, 11) is 0. The first-order chi connectivity index (χ1) is 14.7. The molecular weight excluding hydrogens is 401 g/mol. The number of aromatic nitrogens is 1. The van der Waals surface area contributed by atoms with Gasteiger partial charge in [0.05, 0.1) is 24.4 Å². The van der Waals surface area contributed by atoms with Crippen LogP contribution < -0.4 is 5.32 Å². The molecule has 0 aliphatic carbocycles. The van der Waals surface area contributed by atoms with Gasteiger partial charge in [0.25, 0.3) is 0 Å². The molecule has 0 atom stereocenters. The third kappa shape index (κ3) is 5.57. The minimum Gasteiger partial charge on any atom is -0.384 e. The summed E-state index contributed by atoms with van der Waals surface area (Å²) in [6.07, 6.45) is 4.93. The van der Waals surface area contributed by atoms with Crippen LogP contribution in [0.15, 0.2) is 48.5 Å². The Balaban J connectivity index is 1.49. The van der Waals surface area contributed by atoms with E-state index in [1.54, 1.807) is 12.1 Å². The number of anilines is 1. The molecule has 0 radical (unpaired) electrons. The van der Waals surface area contributed by atoms with E-state index in [4.69, 9.17) is 21.3 Å².